The van der Waals surface area contributed by atoms with Crippen LogP contribution in [0.5, 0.6) is 0 Å². The molecular weight excluding hydrogens is 229 g/mol. The fourth-order valence-electron chi connectivity index (χ4n) is 2.05. The van der Waals surface area contributed by atoms with Crippen LogP contribution >= 0.6 is 0 Å². The maximum Gasteiger partial charge on any atom is 0.416 e. The third-order valence-corrected chi connectivity index (χ3v) is 2.72. The number of hydrogen-bond acceptors (Lipinski definition) is 1. The van der Waals surface area contributed by atoms with Gasteiger partial charge in [0.25, 0.3) is 0 Å². The van der Waals surface area contributed by atoms with E-state index >= 15 is 0 Å². The van der Waals surface area contributed by atoms with Gasteiger partial charge in [0.15, 0.2) is 0 Å². The molecule has 0 saturated heterocycles. The van der Waals surface area contributed by atoms with E-state index in [2.05, 4.69) is 4.98 Å². The zero-order chi connectivity index (χ0) is 12.8. The highest BCUT2D eigenvalue weighted by Gasteiger charge is 2.31. The van der Waals surface area contributed by atoms with Crippen molar-refractivity contribution in [2.75, 3.05) is 0 Å². The minimum atomic E-state index is -4.32. The molecule has 2 rings (SSSR count). The van der Waals surface area contributed by atoms with Gasteiger partial charge in [-0.15, -0.1) is 0 Å². The molecule has 2 heterocycles. The molecule has 0 aromatic carbocycles. The van der Waals surface area contributed by atoms with Crippen LogP contribution in [0.4, 0.5) is 13.2 Å². The molecule has 2 aromatic heterocycles. The van der Waals surface area contributed by atoms with Crippen LogP contribution < -0.4 is 0 Å². The van der Waals surface area contributed by atoms with E-state index in [0.29, 0.717) is 5.65 Å². The van der Waals surface area contributed by atoms with Crippen molar-refractivity contribution in [3.8, 4) is 0 Å². The molecule has 0 amide bonds. The van der Waals surface area contributed by atoms with Gasteiger partial charge in [0.2, 0.25) is 0 Å². The molecular formula is C12H13F3N2. The number of imidazole rings is 1. The number of aromatic nitrogens is 2. The molecule has 5 heteroatoms. The summed E-state index contributed by atoms with van der Waals surface area (Å²) in [5, 5.41) is 0. The normalized spacial score (nSPS) is 12.6. The second-order valence-corrected chi connectivity index (χ2v) is 4.38. The Hall–Kier alpha value is -1.52. The molecule has 2 nitrogen and oxygen atoms in total. The summed E-state index contributed by atoms with van der Waals surface area (Å²) in [6, 6.07) is 2.17. The van der Waals surface area contributed by atoms with Crippen LogP contribution in [0.1, 0.15) is 36.7 Å². The van der Waals surface area contributed by atoms with Gasteiger partial charge in [0.05, 0.1) is 11.3 Å². The zero-order valence-corrected chi connectivity index (χ0v) is 9.84. The second kappa shape index (κ2) is 3.75. The minimum Gasteiger partial charge on any atom is -0.304 e. The van der Waals surface area contributed by atoms with E-state index in [9.17, 15) is 13.2 Å². The van der Waals surface area contributed by atoms with Crippen LogP contribution in [0.25, 0.3) is 5.65 Å². The van der Waals surface area contributed by atoms with Crippen LogP contribution in [0.15, 0.2) is 18.3 Å². The topological polar surface area (TPSA) is 17.3 Å². The number of halogens is 3. The summed E-state index contributed by atoms with van der Waals surface area (Å²) >= 11 is 0. The Balaban J connectivity index is 2.66. The van der Waals surface area contributed by atoms with Crippen molar-refractivity contribution in [1.29, 1.82) is 0 Å². The SMILES string of the molecule is Cc1nc2cc(C(F)(F)F)ccn2c1C(C)C. The maximum atomic E-state index is 12.5. The Bertz CT molecular complexity index is 553. The van der Waals surface area contributed by atoms with Crippen LogP contribution in [0, 0.1) is 6.92 Å². The van der Waals surface area contributed by atoms with E-state index in [1.807, 2.05) is 20.8 Å². The molecule has 92 valence electrons. The molecule has 0 aliphatic carbocycles. The van der Waals surface area contributed by atoms with Gasteiger partial charge in [-0.2, -0.15) is 13.2 Å². The van der Waals surface area contributed by atoms with Crippen molar-refractivity contribution < 1.29 is 13.2 Å². The van der Waals surface area contributed by atoms with Crippen molar-refractivity contribution in [3.63, 3.8) is 0 Å². The Morgan fingerprint density at radius 2 is 1.94 bits per heavy atom. The van der Waals surface area contributed by atoms with Crippen LogP contribution in [0.2, 0.25) is 0 Å². The molecule has 0 aliphatic heterocycles. The lowest BCUT2D eigenvalue weighted by atomic mass is 10.1. The number of aryl methyl sites for hydroxylation is 1. The van der Waals surface area contributed by atoms with Crippen LogP contribution in [0.3, 0.4) is 0 Å². The number of alkyl halides is 3. The minimum absolute atomic E-state index is 0.224. The average Bonchev–Trinajstić information content (AvgIpc) is 2.50. The van der Waals surface area contributed by atoms with Gasteiger partial charge in [-0.3, -0.25) is 0 Å². The van der Waals surface area contributed by atoms with Crippen molar-refractivity contribution in [1.82, 2.24) is 9.38 Å². The lowest BCUT2D eigenvalue weighted by molar-refractivity contribution is -0.137. The smallest absolute Gasteiger partial charge is 0.304 e. The van der Waals surface area contributed by atoms with Crippen molar-refractivity contribution in [2.24, 2.45) is 0 Å². The van der Waals surface area contributed by atoms with Crippen molar-refractivity contribution >= 4 is 5.65 Å². The molecule has 0 spiro atoms. The van der Waals surface area contributed by atoms with Gasteiger partial charge in [-0.1, -0.05) is 13.8 Å². The average molecular weight is 242 g/mol. The molecule has 0 bridgehead atoms. The van der Waals surface area contributed by atoms with E-state index in [-0.39, 0.29) is 5.92 Å². The molecule has 0 N–H and O–H groups in total. The van der Waals surface area contributed by atoms with E-state index < -0.39 is 11.7 Å². The molecule has 0 aliphatic rings. The maximum absolute atomic E-state index is 12.5. The number of rotatable bonds is 1. The van der Waals surface area contributed by atoms with Crippen LogP contribution in [-0.2, 0) is 6.18 Å². The van der Waals surface area contributed by atoms with Gasteiger partial charge < -0.3 is 4.40 Å². The molecule has 17 heavy (non-hydrogen) atoms. The number of fused-ring (bicyclic) bond motifs is 1. The highest BCUT2D eigenvalue weighted by Crippen LogP contribution is 2.31. The third-order valence-electron chi connectivity index (χ3n) is 2.72. The number of nitrogens with zero attached hydrogens (tertiary/aromatic N) is 2. The summed E-state index contributed by atoms with van der Waals surface area (Å²) in [5.41, 5.74) is 1.42. The molecule has 0 atom stereocenters. The quantitative estimate of drug-likeness (QED) is 0.743. The molecule has 2 aromatic rings. The van der Waals surface area contributed by atoms with Gasteiger partial charge >= 0.3 is 6.18 Å². The molecule has 0 fully saturated rings. The third kappa shape index (κ3) is 2.01. The Morgan fingerprint density at radius 3 is 2.47 bits per heavy atom. The molecule has 0 saturated carbocycles. The monoisotopic (exact) mass is 242 g/mol. The summed E-state index contributed by atoms with van der Waals surface area (Å²) < 4.78 is 39.4. The van der Waals surface area contributed by atoms with Crippen molar-refractivity contribution in [2.45, 2.75) is 32.9 Å². The predicted molar refractivity (Wildman–Crippen MR) is 59.0 cm³/mol. The van der Waals surface area contributed by atoms with Crippen molar-refractivity contribution in [3.05, 3.63) is 35.3 Å². The van der Waals surface area contributed by atoms with E-state index in [1.165, 1.54) is 6.20 Å². The summed E-state index contributed by atoms with van der Waals surface area (Å²) in [6.07, 6.45) is -2.88. The number of hydrogen-bond donors (Lipinski definition) is 0. The highest BCUT2D eigenvalue weighted by molar-refractivity contribution is 5.47. The Labute approximate surface area is 97.1 Å². The lowest BCUT2D eigenvalue weighted by Gasteiger charge is -2.09. The summed E-state index contributed by atoms with van der Waals surface area (Å²) in [5.74, 6) is 0.224. The summed E-state index contributed by atoms with van der Waals surface area (Å²) in [4.78, 5) is 4.17. The van der Waals surface area contributed by atoms with Crippen LogP contribution in [-0.4, -0.2) is 9.38 Å². The number of pyridine rings is 1. The summed E-state index contributed by atoms with van der Waals surface area (Å²) in [6.45, 7) is 5.80. The van der Waals surface area contributed by atoms with E-state index in [1.54, 1.807) is 4.40 Å². The Kier molecular flexibility index (Phi) is 2.64. The largest absolute Gasteiger partial charge is 0.416 e. The molecule has 0 radical (unpaired) electrons. The first-order chi connectivity index (χ1) is 7.80. The van der Waals surface area contributed by atoms with Gasteiger partial charge in [0, 0.05) is 11.9 Å². The van der Waals surface area contributed by atoms with Gasteiger partial charge in [-0.05, 0) is 25.0 Å². The first-order valence-corrected chi connectivity index (χ1v) is 5.36. The van der Waals surface area contributed by atoms with E-state index in [4.69, 9.17) is 0 Å². The standard InChI is InChI=1S/C12H13F3N2/c1-7(2)11-8(3)16-10-6-9(12(13,14)15)4-5-17(10)11/h4-7H,1-3H3. The zero-order valence-electron chi connectivity index (χ0n) is 9.84. The summed E-state index contributed by atoms with van der Waals surface area (Å²) in [7, 11) is 0. The first kappa shape index (κ1) is 12.0. The van der Waals surface area contributed by atoms with Gasteiger partial charge in [0.1, 0.15) is 5.65 Å². The lowest BCUT2D eigenvalue weighted by Crippen LogP contribution is -2.06. The fourth-order valence-corrected chi connectivity index (χ4v) is 2.05. The Morgan fingerprint density at radius 1 is 1.29 bits per heavy atom. The highest BCUT2D eigenvalue weighted by atomic mass is 19.4. The molecule has 0 unspecified atom stereocenters. The van der Waals surface area contributed by atoms with Gasteiger partial charge in [-0.25, -0.2) is 4.98 Å². The fraction of sp³-hybridized carbons (Fsp3) is 0.417. The first-order valence-electron chi connectivity index (χ1n) is 5.36. The second-order valence-electron chi connectivity index (χ2n) is 4.38. The van der Waals surface area contributed by atoms with E-state index in [0.717, 1.165) is 23.5 Å². The predicted octanol–water partition coefficient (Wildman–Crippen LogP) is 3.78.